The molecule has 106 valence electrons. The van der Waals surface area contributed by atoms with Gasteiger partial charge in [-0.3, -0.25) is 4.79 Å². The van der Waals surface area contributed by atoms with Crippen LogP contribution >= 0.6 is 0 Å². The molecule has 0 heterocycles. The third kappa shape index (κ3) is 4.67. The summed E-state index contributed by atoms with van der Waals surface area (Å²) >= 11 is 0. The van der Waals surface area contributed by atoms with Gasteiger partial charge < -0.3 is 9.47 Å². The van der Waals surface area contributed by atoms with E-state index in [4.69, 9.17) is 9.47 Å². The van der Waals surface area contributed by atoms with Crippen LogP contribution in [0.1, 0.15) is 50.9 Å². The predicted molar refractivity (Wildman–Crippen MR) is 76.9 cm³/mol. The molecule has 1 aromatic rings. The van der Waals surface area contributed by atoms with Crippen LogP contribution in [0.15, 0.2) is 24.3 Å². The lowest BCUT2D eigenvalue weighted by atomic mass is 10.0. The van der Waals surface area contributed by atoms with Gasteiger partial charge in [-0.2, -0.15) is 0 Å². The number of para-hydroxylation sites is 1. The van der Waals surface area contributed by atoms with Crippen molar-refractivity contribution in [3.8, 4) is 5.75 Å². The first-order valence-corrected chi connectivity index (χ1v) is 7.01. The molecular weight excluding hydrogens is 240 g/mol. The van der Waals surface area contributed by atoms with Gasteiger partial charge in [-0.1, -0.05) is 25.5 Å². The first-order chi connectivity index (χ1) is 9.10. The summed E-state index contributed by atoms with van der Waals surface area (Å²) in [6.45, 7) is 8.41. The molecule has 19 heavy (non-hydrogen) atoms. The summed E-state index contributed by atoms with van der Waals surface area (Å²) < 4.78 is 11.2. The predicted octanol–water partition coefficient (Wildman–Crippen LogP) is 3.86. The summed E-state index contributed by atoms with van der Waals surface area (Å²) in [6.07, 6.45) is 1.34. The Morgan fingerprint density at radius 1 is 1.21 bits per heavy atom. The van der Waals surface area contributed by atoms with E-state index in [9.17, 15) is 4.79 Å². The molecule has 0 spiro atoms. The Labute approximate surface area is 115 Å². The maximum Gasteiger partial charge on any atom is 0.195 e. The molecule has 0 amide bonds. The van der Waals surface area contributed by atoms with Crippen molar-refractivity contribution in [2.24, 2.45) is 0 Å². The summed E-state index contributed by atoms with van der Waals surface area (Å²) in [5.41, 5.74) is 0.614. The molecule has 0 fully saturated rings. The van der Waals surface area contributed by atoms with Crippen LogP contribution < -0.4 is 4.74 Å². The highest BCUT2D eigenvalue weighted by molar-refractivity contribution is 6.01. The van der Waals surface area contributed by atoms with Crippen LogP contribution in [0.2, 0.25) is 0 Å². The van der Waals surface area contributed by atoms with Crippen LogP contribution in [0.5, 0.6) is 5.75 Å². The maximum absolute atomic E-state index is 12.5. The second-order valence-electron chi connectivity index (χ2n) is 4.76. The van der Waals surface area contributed by atoms with Crippen molar-refractivity contribution >= 4 is 5.78 Å². The van der Waals surface area contributed by atoms with E-state index in [2.05, 4.69) is 6.92 Å². The van der Waals surface area contributed by atoms with E-state index in [1.165, 1.54) is 0 Å². The highest BCUT2D eigenvalue weighted by Gasteiger charge is 2.22. The number of hydrogen-bond donors (Lipinski definition) is 0. The Morgan fingerprint density at radius 3 is 2.47 bits per heavy atom. The Morgan fingerprint density at radius 2 is 1.89 bits per heavy atom. The van der Waals surface area contributed by atoms with E-state index in [0.29, 0.717) is 17.9 Å². The maximum atomic E-state index is 12.5. The van der Waals surface area contributed by atoms with Gasteiger partial charge in [-0.25, -0.2) is 0 Å². The van der Waals surface area contributed by atoms with Crippen molar-refractivity contribution in [1.29, 1.82) is 0 Å². The highest BCUT2D eigenvalue weighted by atomic mass is 16.5. The van der Waals surface area contributed by atoms with Crippen LogP contribution in [0.4, 0.5) is 0 Å². The second kappa shape index (κ2) is 7.95. The normalized spacial score (nSPS) is 12.5. The van der Waals surface area contributed by atoms with Gasteiger partial charge >= 0.3 is 0 Å². The van der Waals surface area contributed by atoms with Crippen molar-refractivity contribution in [1.82, 2.24) is 0 Å². The zero-order valence-electron chi connectivity index (χ0n) is 12.3. The number of carbonyl (C=O) groups excluding carboxylic acids is 1. The Balaban J connectivity index is 2.96. The molecule has 3 heteroatoms. The van der Waals surface area contributed by atoms with E-state index < -0.39 is 0 Å². The average molecular weight is 264 g/mol. The summed E-state index contributed by atoms with van der Waals surface area (Å²) in [5, 5.41) is 0. The van der Waals surface area contributed by atoms with Crippen LogP contribution in [-0.4, -0.2) is 24.6 Å². The smallest absolute Gasteiger partial charge is 0.195 e. The average Bonchev–Trinajstić information content (AvgIpc) is 2.38. The lowest BCUT2D eigenvalue weighted by Gasteiger charge is -2.18. The number of benzene rings is 1. The van der Waals surface area contributed by atoms with Gasteiger partial charge in [0.25, 0.3) is 0 Å². The lowest BCUT2D eigenvalue weighted by Crippen LogP contribution is -2.25. The molecule has 0 saturated heterocycles. The Hall–Kier alpha value is -1.35. The van der Waals surface area contributed by atoms with Gasteiger partial charge in [0.15, 0.2) is 5.78 Å². The van der Waals surface area contributed by atoms with Gasteiger partial charge in [0.2, 0.25) is 0 Å². The number of Topliss-reactive ketones (excluding diaryl/α,β-unsaturated/α-hetero) is 1. The molecule has 0 saturated carbocycles. The van der Waals surface area contributed by atoms with Crippen LogP contribution in [0.3, 0.4) is 0 Å². The molecule has 0 aliphatic heterocycles. The molecule has 0 aliphatic carbocycles. The molecule has 3 nitrogen and oxygen atoms in total. The summed E-state index contributed by atoms with van der Waals surface area (Å²) in [6, 6.07) is 7.38. The van der Waals surface area contributed by atoms with Gasteiger partial charge in [-0.15, -0.1) is 0 Å². The lowest BCUT2D eigenvalue weighted by molar-refractivity contribution is 0.0419. The van der Waals surface area contributed by atoms with E-state index in [1.54, 1.807) is 0 Å². The van der Waals surface area contributed by atoms with Crippen LogP contribution in [0.25, 0.3) is 0 Å². The number of rotatable bonds is 8. The third-order valence-electron chi connectivity index (χ3n) is 2.73. The zero-order valence-corrected chi connectivity index (χ0v) is 12.3. The minimum absolute atomic E-state index is 0.0138. The minimum atomic E-state index is -0.369. The van der Waals surface area contributed by atoms with Crippen LogP contribution in [-0.2, 0) is 4.74 Å². The van der Waals surface area contributed by atoms with E-state index in [-0.39, 0.29) is 18.0 Å². The highest BCUT2D eigenvalue weighted by Crippen LogP contribution is 2.23. The first-order valence-electron chi connectivity index (χ1n) is 7.01. The fraction of sp³-hybridized carbons (Fsp3) is 0.562. The summed E-state index contributed by atoms with van der Waals surface area (Å²) in [5.74, 6) is 0.656. The van der Waals surface area contributed by atoms with Gasteiger partial charge in [-0.05, 0) is 39.3 Å². The largest absolute Gasteiger partial charge is 0.490 e. The summed E-state index contributed by atoms with van der Waals surface area (Å²) in [4.78, 5) is 12.5. The minimum Gasteiger partial charge on any atom is -0.490 e. The monoisotopic (exact) mass is 264 g/mol. The van der Waals surface area contributed by atoms with Gasteiger partial charge in [0.1, 0.15) is 11.9 Å². The van der Waals surface area contributed by atoms with E-state index in [0.717, 1.165) is 12.8 Å². The Bertz CT molecular complexity index is 393. The molecule has 0 radical (unpaired) electrons. The van der Waals surface area contributed by atoms with E-state index >= 15 is 0 Å². The van der Waals surface area contributed by atoms with Crippen molar-refractivity contribution in [2.75, 3.05) is 6.61 Å². The van der Waals surface area contributed by atoms with Crippen molar-refractivity contribution in [3.05, 3.63) is 29.8 Å². The molecule has 1 atom stereocenters. The number of hydrogen-bond acceptors (Lipinski definition) is 3. The van der Waals surface area contributed by atoms with E-state index in [1.807, 2.05) is 45.0 Å². The first kappa shape index (κ1) is 15.7. The third-order valence-corrected chi connectivity index (χ3v) is 2.73. The molecule has 1 unspecified atom stereocenters. The number of carbonyl (C=O) groups is 1. The van der Waals surface area contributed by atoms with Gasteiger partial charge in [0.05, 0.1) is 11.7 Å². The molecule has 0 aliphatic rings. The molecular formula is C16H24O3. The van der Waals surface area contributed by atoms with Gasteiger partial charge in [0, 0.05) is 6.61 Å². The summed E-state index contributed by atoms with van der Waals surface area (Å²) in [7, 11) is 0. The van der Waals surface area contributed by atoms with Crippen molar-refractivity contribution < 1.29 is 14.3 Å². The topological polar surface area (TPSA) is 35.5 Å². The van der Waals surface area contributed by atoms with Crippen molar-refractivity contribution in [2.45, 2.75) is 52.7 Å². The molecule has 0 bridgehead atoms. The zero-order chi connectivity index (χ0) is 14.3. The quantitative estimate of drug-likeness (QED) is 0.669. The molecule has 1 rings (SSSR count). The second-order valence-corrected chi connectivity index (χ2v) is 4.76. The number of ketones is 1. The fourth-order valence-electron chi connectivity index (χ4n) is 1.95. The SMILES string of the molecule is CCCC(OCC)C(=O)c1ccccc1OC(C)C. The molecule has 0 N–H and O–H groups in total. The molecule has 0 aromatic heterocycles. The standard InChI is InChI=1S/C16H24O3/c1-5-9-15(18-6-2)16(17)13-10-7-8-11-14(13)19-12(3)4/h7-8,10-12,15H,5-6,9H2,1-4H3. The van der Waals surface area contributed by atoms with Crippen LogP contribution in [0, 0.1) is 0 Å². The fourth-order valence-corrected chi connectivity index (χ4v) is 1.95. The number of ether oxygens (including phenoxy) is 2. The molecule has 1 aromatic carbocycles. The van der Waals surface area contributed by atoms with Crippen molar-refractivity contribution in [3.63, 3.8) is 0 Å². The Kier molecular flexibility index (Phi) is 6.57.